The van der Waals surface area contributed by atoms with Gasteiger partial charge in [0.1, 0.15) is 0 Å². The fourth-order valence-electron chi connectivity index (χ4n) is 0.869. The quantitative estimate of drug-likeness (QED) is 0.177. The summed E-state index contributed by atoms with van der Waals surface area (Å²) in [6.45, 7) is 4.28. The lowest BCUT2D eigenvalue weighted by molar-refractivity contribution is 0.652. The molecule has 3 nitrogen and oxygen atoms in total. The zero-order valence-corrected chi connectivity index (χ0v) is 6.87. The van der Waals surface area contributed by atoms with Crippen LogP contribution in [-0.2, 0) is 0 Å². The second-order valence-electron chi connectivity index (χ2n) is 2.45. The molecule has 0 spiro atoms. The second-order valence-corrected chi connectivity index (χ2v) is 2.45. The lowest BCUT2D eigenvalue weighted by Crippen LogP contribution is -1.80. The monoisotopic (exact) mass is 153 g/mol. The van der Waals surface area contributed by atoms with E-state index in [1.165, 1.54) is 12.8 Å². The average molecular weight is 153 g/mol. The van der Waals surface area contributed by atoms with E-state index in [4.69, 9.17) is 5.53 Å². The third kappa shape index (κ3) is 9.05. The molecular formula is C8H15N3. The van der Waals surface area contributed by atoms with Gasteiger partial charge in [0, 0.05) is 11.5 Å². The van der Waals surface area contributed by atoms with Gasteiger partial charge in [-0.3, -0.25) is 0 Å². The number of azide groups is 1. The van der Waals surface area contributed by atoms with Crippen LogP contribution in [0, 0.1) is 0 Å². The van der Waals surface area contributed by atoms with Gasteiger partial charge in [-0.1, -0.05) is 24.0 Å². The van der Waals surface area contributed by atoms with Gasteiger partial charge in [0.2, 0.25) is 0 Å². The molecule has 11 heavy (non-hydrogen) atoms. The summed E-state index contributed by atoms with van der Waals surface area (Å²) < 4.78 is 0. The Kier molecular flexibility index (Phi) is 8.27. The first-order chi connectivity index (χ1) is 5.41. The number of unbranched alkanes of at least 4 members (excludes halogenated alkanes) is 4. The predicted molar refractivity (Wildman–Crippen MR) is 47.3 cm³/mol. The van der Waals surface area contributed by atoms with E-state index in [-0.39, 0.29) is 0 Å². The van der Waals surface area contributed by atoms with Crippen LogP contribution < -0.4 is 0 Å². The molecule has 0 aliphatic carbocycles. The number of hydrogen-bond donors (Lipinski definition) is 0. The predicted octanol–water partition coefficient (Wildman–Crippen LogP) is 3.43. The van der Waals surface area contributed by atoms with Crippen LogP contribution in [0.3, 0.4) is 0 Å². The van der Waals surface area contributed by atoms with Crippen molar-refractivity contribution in [3.8, 4) is 0 Å². The maximum atomic E-state index is 7.95. The van der Waals surface area contributed by atoms with E-state index in [0.29, 0.717) is 6.54 Å². The van der Waals surface area contributed by atoms with Gasteiger partial charge in [-0.05, 0) is 24.8 Å². The van der Waals surface area contributed by atoms with Gasteiger partial charge in [-0.15, -0.1) is 6.58 Å². The molecule has 0 aliphatic rings. The Morgan fingerprint density at radius 1 is 1.27 bits per heavy atom. The van der Waals surface area contributed by atoms with Crippen molar-refractivity contribution in [3.05, 3.63) is 23.1 Å². The van der Waals surface area contributed by atoms with Crippen molar-refractivity contribution in [2.24, 2.45) is 5.11 Å². The Hall–Kier alpha value is -0.950. The van der Waals surface area contributed by atoms with Crippen molar-refractivity contribution in [1.82, 2.24) is 0 Å². The van der Waals surface area contributed by atoms with Crippen LogP contribution in [-0.4, -0.2) is 6.54 Å². The molecule has 0 fully saturated rings. The van der Waals surface area contributed by atoms with Crippen molar-refractivity contribution >= 4 is 0 Å². The van der Waals surface area contributed by atoms with Crippen LogP contribution in [0.4, 0.5) is 0 Å². The van der Waals surface area contributed by atoms with Gasteiger partial charge in [0.05, 0.1) is 0 Å². The molecule has 0 rings (SSSR count). The van der Waals surface area contributed by atoms with Gasteiger partial charge in [0.25, 0.3) is 0 Å². The van der Waals surface area contributed by atoms with Crippen LogP contribution in [0.2, 0.25) is 0 Å². The number of allylic oxidation sites excluding steroid dienone is 1. The zero-order valence-electron chi connectivity index (χ0n) is 6.87. The molecule has 62 valence electrons. The highest BCUT2D eigenvalue weighted by molar-refractivity contribution is 4.65. The highest BCUT2D eigenvalue weighted by Gasteiger charge is 1.86. The summed E-state index contributed by atoms with van der Waals surface area (Å²) in [6.07, 6.45) is 7.63. The van der Waals surface area contributed by atoms with Gasteiger partial charge < -0.3 is 0 Å². The van der Waals surface area contributed by atoms with E-state index < -0.39 is 0 Å². The summed E-state index contributed by atoms with van der Waals surface area (Å²) in [5.74, 6) is 0. The Morgan fingerprint density at radius 3 is 2.64 bits per heavy atom. The van der Waals surface area contributed by atoms with Crippen molar-refractivity contribution in [3.63, 3.8) is 0 Å². The van der Waals surface area contributed by atoms with Crippen LogP contribution in [0.1, 0.15) is 32.1 Å². The minimum Gasteiger partial charge on any atom is -0.103 e. The molecule has 0 aliphatic heterocycles. The number of rotatable bonds is 7. The normalized spacial score (nSPS) is 8.73. The van der Waals surface area contributed by atoms with Gasteiger partial charge >= 0.3 is 0 Å². The minimum absolute atomic E-state index is 0.643. The third-order valence-corrected chi connectivity index (χ3v) is 1.48. The lowest BCUT2D eigenvalue weighted by atomic mass is 10.1. The minimum atomic E-state index is 0.643. The fourth-order valence-corrected chi connectivity index (χ4v) is 0.869. The Labute approximate surface area is 67.7 Å². The summed E-state index contributed by atoms with van der Waals surface area (Å²) in [5.41, 5.74) is 7.95. The summed E-state index contributed by atoms with van der Waals surface area (Å²) in [4.78, 5) is 2.68. The lowest BCUT2D eigenvalue weighted by Gasteiger charge is -1.94. The first-order valence-corrected chi connectivity index (χ1v) is 4.03. The molecule has 0 aromatic rings. The smallest absolute Gasteiger partial charge is 0.0257 e. The molecule has 0 radical (unpaired) electrons. The first kappa shape index (κ1) is 10.0. The van der Waals surface area contributed by atoms with Crippen LogP contribution in [0.15, 0.2) is 17.8 Å². The molecule has 0 atom stereocenters. The van der Waals surface area contributed by atoms with Crippen molar-refractivity contribution in [2.45, 2.75) is 32.1 Å². The Morgan fingerprint density at radius 2 is 2.00 bits per heavy atom. The highest BCUT2D eigenvalue weighted by Crippen LogP contribution is 2.02. The maximum absolute atomic E-state index is 7.95. The van der Waals surface area contributed by atoms with E-state index in [0.717, 1.165) is 19.3 Å². The van der Waals surface area contributed by atoms with Gasteiger partial charge in [-0.25, -0.2) is 0 Å². The summed E-state index contributed by atoms with van der Waals surface area (Å²) in [5, 5.41) is 3.45. The molecule has 0 amide bonds. The van der Waals surface area contributed by atoms with Crippen LogP contribution in [0.5, 0.6) is 0 Å². The molecule has 0 unspecified atom stereocenters. The van der Waals surface area contributed by atoms with E-state index in [9.17, 15) is 0 Å². The molecular weight excluding hydrogens is 138 g/mol. The molecule has 0 saturated heterocycles. The van der Waals surface area contributed by atoms with E-state index in [1.807, 2.05) is 6.08 Å². The summed E-state index contributed by atoms with van der Waals surface area (Å²) in [7, 11) is 0. The third-order valence-electron chi connectivity index (χ3n) is 1.48. The molecule has 0 bridgehead atoms. The summed E-state index contributed by atoms with van der Waals surface area (Å²) >= 11 is 0. The molecule has 0 saturated carbocycles. The Bertz CT molecular complexity index is 136. The largest absolute Gasteiger partial charge is 0.103 e. The molecule has 0 heterocycles. The van der Waals surface area contributed by atoms with Crippen molar-refractivity contribution < 1.29 is 0 Å². The number of hydrogen-bond acceptors (Lipinski definition) is 1. The SMILES string of the molecule is C=CCCCCCCN=[N+]=[N-]. The molecule has 0 aromatic carbocycles. The van der Waals surface area contributed by atoms with Crippen molar-refractivity contribution in [2.75, 3.05) is 6.54 Å². The van der Waals surface area contributed by atoms with E-state index >= 15 is 0 Å². The zero-order chi connectivity index (χ0) is 8.36. The fraction of sp³-hybridized carbons (Fsp3) is 0.750. The summed E-state index contributed by atoms with van der Waals surface area (Å²) in [6, 6.07) is 0. The van der Waals surface area contributed by atoms with Gasteiger partial charge in [-0.2, -0.15) is 0 Å². The van der Waals surface area contributed by atoms with Crippen molar-refractivity contribution in [1.29, 1.82) is 0 Å². The Balaban J connectivity index is 2.90. The molecule has 0 N–H and O–H groups in total. The average Bonchev–Trinajstić information content (AvgIpc) is 2.03. The topological polar surface area (TPSA) is 48.8 Å². The van der Waals surface area contributed by atoms with E-state index in [2.05, 4.69) is 16.6 Å². The standard InChI is InChI=1S/C8H15N3/c1-2-3-4-5-6-7-8-10-11-9/h2H,1,3-8H2. The van der Waals surface area contributed by atoms with E-state index in [1.54, 1.807) is 0 Å². The first-order valence-electron chi connectivity index (χ1n) is 4.03. The molecule has 3 heteroatoms. The number of nitrogens with zero attached hydrogens (tertiary/aromatic N) is 3. The highest BCUT2D eigenvalue weighted by atomic mass is 15.1. The van der Waals surface area contributed by atoms with Gasteiger partial charge in [0.15, 0.2) is 0 Å². The molecule has 0 aromatic heterocycles. The maximum Gasteiger partial charge on any atom is 0.0257 e. The second kappa shape index (κ2) is 9.05. The van der Waals surface area contributed by atoms with Crippen LogP contribution >= 0.6 is 0 Å². The van der Waals surface area contributed by atoms with Crippen LogP contribution in [0.25, 0.3) is 10.4 Å².